The number of carbonyl (C=O) groups is 2. The van der Waals surface area contributed by atoms with Crippen LogP contribution >= 0.6 is 11.3 Å². The number of likely N-dealkylation sites (N-methyl/N-ethyl adjacent to an activating group) is 1. The Morgan fingerprint density at radius 1 is 1.48 bits per heavy atom. The predicted octanol–water partition coefficient (Wildman–Crippen LogP) is 0.805. The summed E-state index contributed by atoms with van der Waals surface area (Å²) in [5.41, 5.74) is 2.88. The summed E-state index contributed by atoms with van der Waals surface area (Å²) in [4.78, 5) is 33.6. The Kier molecular flexibility index (Phi) is 4.96. The first-order chi connectivity index (χ1) is 11.0. The number of carbonyl (C=O) groups excluding carboxylic acids is 2. The molecule has 0 saturated carbocycles. The quantitative estimate of drug-likeness (QED) is 0.864. The Morgan fingerprint density at radius 3 is 3.00 bits per heavy atom. The molecule has 1 aromatic heterocycles. The lowest BCUT2D eigenvalue weighted by molar-refractivity contribution is -0.139. The molecule has 2 aliphatic heterocycles. The van der Waals surface area contributed by atoms with E-state index in [1.165, 1.54) is 4.88 Å². The topological polar surface area (TPSA) is 65.5 Å². The van der Waals surface area contributed by atoms with Gasteiger partial charge in [-0.3, -0.25) is 9.59 Å². The fourth-order valence-corrected chi connectivity index (χ4v) is 4.08. The van der Waals surface area contributed by atoms with Gasteiger partial charge in [0.1, 0.15) is 0 Å². The molecule has 126 valence electrons. The Bertz CT molecular complexity index is 588. The Labute approximate surface area is 140 Å². The minimum Gasteiger partial charge on any atom is -0.344 e. The molecular formula is C16H24N4O2S. The van der Waals surface area contributed by atoms with Crippen LogP contribution in [0.4, 0.5) is 0 Å². The highest BCUT2D eigenvalue weighted by Gasteiger charge is 2.34. The van der Waals surface area contributed by atoms with E-state index >= 15 is 0 Å². The van der Waals surface area contributed by atoms with Crippen LogP contribution in [0.25, 0.3) is 0 Å². The number of thiazole rings is 1. The number of aryl methyl sites for hydroxylation is 1. The van der Waals surface area contributed by atoms with Gasteiger partial charge in [-0.25, -0.2) is 4.98 Å². The number of rotatable bonds is 5. The monoisotopic (exact) mass is 336 g/mol. The fourth-order valence-electron chi connectivity index (χ4n) is 3.31. The van der Waals surface area contributed by atoms with Crippen molar-refractivity contribution in [3.63, 3.8) is 0 Å². The highest BCUT2D eigenvalue weighted by atomic mass is 32.1. The number of likely N-dealkylation sites (tertiary alicyclic amines) is 1. The van der Waals surface area contributed by atoms with Gasteiger partial charge in [0.2, 0.25) is 11.8 Å². The average molecular weight is 336 g/mol. The maximum Gasteiger partial charge on any atom is 0.241 e. The van der Waals surface area contributed by atoms with Gasteiger partial charge >= 0.3 is 0 Å². The van der Waals surface area contributed by atoms with Crippen molar-refractivity contribution < 1.29 is 9.59 Å². The second-order valence-corrected chi connectivity index (χ2v) is 7.48. The van der Waals surface area contributed by atoms with Crippen LogP contribution in [0.5, 0.6) is 0 Å². The molecule has 2 saturated heterocycles. The maximum atomic E-state index is 12.4. The molecule has 1 N–H and O–H groups in total. The summed E-state index contributed by atoms with van der Waals surface area (Å²) in [7, 11) is 1.81. The molecule has 0 spiro atoms. The second kappa shape index (κ2) is 6.97. The van der Waals surface area contributed by atoms with E-state index < -0.39 is 0 Å². The number of nitrogens with one attached hydrogen (secondary N) is 1. The largest absolute Gasteiger partial charge is 0.344 e. The van der Waals surface area contributed by atoms with Crippen LogP contribution in [-0.2, 0) is 16.0 Å². The molecule has 3 heterocycles. The Morgan fingerprint density at radius 2 is 2.26 bits per heavy atom. The lowest BCUT2D eigenvalue weighted by Crippen LogP contribution is -2.44. The van der Waals surface area contributed by atoms with Crippen LogP contribution in [0.1, 0.15) is 29.8 Å². The van der Waals surface area contributed by atoms with Gasteiger partial charge in [-0.1, -0.05) is 0 Å². The van der Waals surface area contributed by atoms with E-state index in [1.807, 2.05) is 19.5 Å². The van der Waals surface area contributed by atoms with Crippen molar-refractivity contribution in [2.45, 2.75) is 44.7 Å². The molecule has 2 amide bonds. The molecule has 6 nitrogen and oxygen atoms in total. The molecule has 2 fully saturated rings. The Hall–Kier alpha value is -1.47. The third-order valence-corrected chi connectivity index (χ3v) is 5.82. The standard InChI is InChI=1S/C16H24N4O2S/c1-11-14(23-10-17-11)5-6-19(2)16(22)9-20-8-13-4-3-12(18-13)7-15(20)21/h10,12-13,18H,3-9H2,1-2H3/t12-,13+/m1/s1. The van der Waals surface area contributed by atoms with E-state index in [1.54, 1.807) is 21.1 Å². The van der Waals surface area contributed by atoms with E-state index in [9.17, 15) is 9.59 Å². The van der Waals surface area contributed by atoms with Crippen LogP contribution in [0.3, 0.4) is 0 Å². The first-order valence-corrected chi connectivity index (χ1v) is 9.07. The van der Waals surface area contributed by atoms with Crippen LogP contribution in [0.15, 0.2) is 5.51 Å². The minimum absolute atomic E-state index is 0.0123. The van der Waals surface area contributed by atoms with Crippen LogP contribution in [-0.4, -0.2) is 65.4 Å². The molecule has 0 aliphatic carbocycles. The van der Waals surface area contributed by atoms with Gasteiger partial charge in [-0.05, 0) is 19.8 Å². The average Bonchev–Trinajstić information content (AvgIpc) is 3.08. The van der Waals surface area contributed by atoms with Crippen LogP contribution in [0, 0.1) is 6.92 Å². The number of nitrogens with zero attached hydrogens (tertiary/aromatic N) is 3. The molecule has 3 rings (SSSR count). The fraction of sp³-hybridized carbons (Fsp3) is 0.688. The lowest BCUT2D eigenvalue weighted by Gasteiger charge is -2.26. The summed E-state index contributed by atoms with van der Waals surface area (Å²) in [6, 6.07) is 0.657. The smallest absolute Gasteiger partial charge is 0.241 e. The first-order valence-electron chi connectivity index (χ1n) is 8.19. The number of amides is 2. The summed E-state index contributed by atoms with van der Waals surface area (Å²) in [5, 5.41) is 3.47. The van der Waals surface area contributed by atoms with Crippen molar-refractivity contribution in [3.8, 4) is 0 Å². The molecule has 1 aromatic rings. The molecule has 23 heavy (non-hydrogen) atoms. The molecule has 2 aliphatic rings. The molecule has 0 unspecified atom stereocenters. The number of hydrogen-bond donors (Lipinski definition) is 1. The molecule has 0 aromatic carbocycles. The highest BCUT2D eigenvalue weighted by molar-refractivity contribution is 7.09. The summed E-state index contributed by atoms with van der Waals surface area (Å²) in [6.07, 6.45) is 3.52. The maximum absolute atomic E-state index is 12.4. The van der Waals surface area contributed by atoms with Crippen molar-refractivity contribution in [2.24, 2.45) is 0 Å². The van der Waals surface area contributed by atoms with Crippen molar-refractivity contribution in [3.05, 3.63) is 16.1 Å². The van der Waals surface area contributed by atoms with Crippen molar-refractivity contribution in [1.82, 2.24) is 20.1 Å². The first kappa shape index (κ1) is 16.4. The molecule has 2 atom stereocenters. The summed E-state index contributed by atoms with van der Waals surface area (Å²) in [6.45, 7) is 3.50. The number of aromatic nitrogens is 1. The van der Waals surface area contributed by atoms with E-state index in [0.717, 1.165) is 25.0 Å². The second-order valence-electron chi connectivity index (χ2n) is 6.54. The van der Waals surface area contributed by atoms with Gasteiger partial charge in [-0.2, -0.15) is 0 Å². The number of fused-ring (bicyclic) bond motifs is 2. The van der Waals surface area contributed by atoms with E-state index in [2.05, 4.69) is 10.3 Å². The zero-order valence-corrected chi connectivity index (χ0v) is 14.6. The molecule has 7 heteroatoms. The third-order valence-electron chi connectivity index (χ3n) is 4.82. The highest BCUT2D eigenvalue weighted by Crippen LogP contribution is 2.21. The van der Waals surface area contributed by atoms with E-state index in [4.69, 9.17) is 0 Å². The Balaban J connectivity index is 1.51. The summed E-state index contributed by atoms with van der Waals surface area (Å²) < 4.78 is 0. The molecule has 0 radical (unpaired) electrons. The molecule has 2 bridgehead atoms. The minimum atomic E-state index is 0.0123. The van der Waals surface area contributed by atoms with Gasteiger partial charge in [0.05, 0.1) is 17.7 Å². The van der Waals surface area contributed by atoms with Gasteiger partial charge in [0.25, 0.3) is 0 Å². The van der Waals surface area contributed by atoms with Gasteiger partial charge in [0, 0.05) is 49.9 Å². The van der Waals surface area contributed by atoms with Gasteiger partial charge < -0.3 is 15.1 Å². The van der Waals surface area contributed by atoms with Gasteiger partial charge in [0.15, 0.2) is 0 Å². The zero-order valence-electron chi connectivity index (χ0n) is 13.7. The van der Waals surface area contributed by atoms with Crippen LogP contribution in [0.2, 0.25) is 0 Å². The van der Waals surface area contributed by atoms with E-state index in [0.29, 0.717) is 31.6 Å². The zero-order chi connectivity index (χ0) is 16.4. The van der Waals surface area contributed by atoms with E-state index in [-0.39, 0.29) is 18.4 Å². The van der Waals surface area contributed by atoms with Crippen LogP contribution < -0.4 is 5.32 Å². The summed E-state index contributed by atoms with van der Waals surface area (Å²) >= 11 is 1.63. The predicted molar refractivity (Wildman–Crippen MR) is 89.3 cm³/mol. The van der Waals surface area contributed by atoms with Gasteiger partial charge in [-0.15, -0.1) is 11.3 Å². The lowest BCUT2D eigenvalue weighted by atomic mass is 10.1. The SMILES string of the molecule is Cc1ncsc1CCN(C)C(=O)CN1C[C@@H]2CC[C@H](CC1=O)N2. The van der Waals surface area contributed by atoms with Crippen molar-refractivity contribution in [1.29, 1.82) is 0 Å². The molecular weight excluding hydrogens is 312 g/mol. The van der Waals surface area contributed by atoms with Crippen molar-refractivity contribution >= 4 is 23.2 Å². The normalized spacial score (nSPS) is 23.9. The summed E-state index contributed by atoms with van der Waals surface area (Å²) in [5.74, 6) is 0.114. The van der Waals surface area contributed by atoms with Crippen molar-refractivity contribution in [2.75, 3.05) is 26.7 Å². The third kappa shape index (κ3) is 3.90. The number of hydrogen-bond acceptors (Lipinski definition) is 5.